The van der Waals surface area contributed by atoms with Gasteiger partial charge in [-0.05, 0) is 26.2 Å². The number of hydrogen-bond acceptors (Lipinski definition) is 3. The molecule has 0 unspecified atom stereocenters. The minimum absolute atomic E-state index is 0.591. The first kappa shape index (κ1) is 18.5. The average Bonchev–Trinajstić information content (AvgIpc) is 2.71. The van der Waals surface area contributed by atoms with E-state index in [1.54, 1.807) is 7.05 Å². The molecule has 0 aliphatic rings. The Morgan fingerprint density at radius 3 is 2.59 bits per heavy atom. The lowest BCUT2D eigenvalue weighted by Gasteiger charge is -2.12. The Kier molecular flexibility index (Phi) is 7.95. The van der Waals surface area contributed by atoms with Crippen molar-refractivity contribution in [2.75, 3.05) is 26.8 Å². The lowest BCUT2D eigenvalue weighted by Crippen LogP contribution is -2.37. The first-order chi connectivity index (χ1) is 10.5. The number of aryl methyl sites for hydroxylation is 2. The summed E-state index contributed by atoms with van der Waals surface area (Å²) in [4.78, 5) is 4.24. The maximum Gasteiger partial charge on any atom is 0.191 e. The summed E-state index contributed by atoms with van der Waals surface area (Å²) in [5, 5.41) is 11.1. The first-order valence-electron chi connectivity index (χ1n) is 7.97. The normalized spacial score (nSPS) is 12.0. The summed E-state index contributed by atoms with van der Waals surface area (Å²) in [6.45, 7) is 11.6. The molecule has 22 heavy (non-hydrogen) atoms. The van der Waals surface area contributed by atoms with Crippen molar-refractivity contribution < 1.29 is 4.74 Å². The van der Waals surface area contributed by atoms with Crippen molar-refractivity contribution in [1.82, 2.24) is 20.4 Å². The summed E-state index contributed by atoms with van der Waals surface area (Å²) in [7, 11) is 3.75. The van der Waals surface area contributed by atoms with Gasteiger partial charge < -0.3 is 15.4 Å². The van der Waals surface area contributed by atoms with Crippen molar-refractivity contribution in [3.05, 3.63) is 17.0 Å². The van der Waals surface area contributed by atoms with E-state index in [4.69, 9.17) is 4.74 Å². The van der Waals surface area contributed by atoms with Crippen LogP contribution in [0.5, 0.6) is 0 Å². The van der Waals surface area contributed by atoms with Gasteiger partial charge in [-0.25, -0.2) is 0 Å². The molecule has 1 rings (SSSR count). The molecule has 1 heterocycles. The van der Waals surface area contributed by atoms with E-state index in [2.05, 4.69) is 41.5 Å². The van der Waals surface area contributed by atoms with Crippen LogP contribution in [0, 0.1) is 19.8 Å². The van der Waals surface area contributed by atoms with Crippen LogP contribution in [0.25, 0.3) is 0 Å². The summed E-state index contributed by atoms with van der Waals surface area (Å²) < 4.78 is 7.47. The zero-order chi connectivity index (χ0) is 16.5. The predicted octanol–water partition coefficient (Wildman–Crippen LogP) is 1.76. The Balaban J connectivity index is 2.28. The monoisotopic (exact) mass is 309 g/mol. The van der Waals surface area contributed by atoms with Crippen LogP contribution < -0.4 is 10.6 Å². The maximum absolute atomic E-state index is 5.56. The van der Waals surface area contributed by atoms with Crippen molar-refractivity contribution >= 4 is 5.96 Å². The second-order valence-electron chi connectivity index (χ2n) is 5.95. The fourth-order valence-electron chi connectivity index (χ4n) is 2.17. The highest BCUT2D eigenvalue weighted by Crippen LogP contribution is 2.10. The van der Waals surface area contributed by atoms with Crippen LogP contribution in [0.15, 0.2) is 4.99 Å². The van der Waals surface area contributed by atoms with Gasteiger partial charge in [0.05, 0.1) is 5.69 Å². The van der Waals surface area contributed by atoms with Crippen LogP contribution in [0.1, 0.15) is 37.2 Å². The van der Waals surface area contributed by atoms with Gasteiger partial charge in [-0.15, -0.1) is 0 Å². The molecule has 0 aliphatic heterocycles. The van der Waals surface area contributed by atoms with Gasteiger partial charge in [0.25, 0.3) is 0 Å². The highest BCUT2D eigenvalue weighted by atomic mass is 16.5. The zero-order valence-electron chi connectivity index (χ0n) is 14.9. The van der Waals surface area contributed by atoms with Gasteiger partial charge in [-0.1, -0.05) is 13.8 Å². The summed E-state index contributed by atoms with van der Waals surface area (Å²) in [6, 6.07) is 0. The molecule has 0 aliphatic carbocycles. The largest absolute Gasteiger partial charge is 0.381 e. The van der Waals surface area contributed by atoms with Gasteiger partial charge in [0.2, 0.25) is 0 Å². The molecule has 126 valence electrons. The number of nitrogens with one attached hydrogen (secondary N) is 2. The number of rotatable bonds is 8. The van der Waals surface area contributed by atoms with Gasteiger partial charge in [0, 0.05) is 51.7 Å². The van der Waals surface area contributed by atoms with Crippen LogP contribution in [-0.4, -0.2) is 42.5 Å². The standard InChI is InChI=1S/C16H31N5O/c1-12(2)11-22-9-7-8-18-16(17-5)19-10-15-13(3)20-21(6)14(15)4/h12H,7-11H2,1-6H3,(H2,17,18,19). The molecule has 0 amide bonds. The van der Waals surface area contributed by atoms with Crippen molar-refractivity contribution in [2.24, 2.45) is 18.0 Å². The molecule has 0 saturated heterocycles. The van der Waals surface area contributed by atoms with Crippen LogP contribution in [0.2, 0.25) is 0 Å². The number of guanidine groups is 1. The Hall–Kier alpha value is -1.56. The number of ether oxygens (including phenoxy) is 1. The summed E-state index contributed by atoms with van der Waals surface area (Å²) in [6.07, 6.45) is 0.971. The molecule has 2 N–H and O–H groups in total. The third-order valence-corrected chi connectivity index (χ3v) is 3.52. The highest BCUT2D eigenvalue weighted by Gasteiger charge is 2.09. The second kappa shape index (κ2) is 9.46. The number of aliphatic imine (C=N–C) groups is 1. The fraction of sp³-hybridized carbons (Fsp3) is 0.750. The number of nitrogens with zero attached hydrogens (tertiary/aromatic N) is 3. The molecular weight excluding hydrogens is 278 g/mol. The third kappa shape index (κ3) is 6.05. The van der Waals surface area contributed by atoms with Crippen molar-refractivity contribution in [3.63, 3.8) is 0 Å². The van der Waals surface area contributed by atoms with Gasteiger partial charge in [-0.3, -0.25) is 9.67 Å². The summed E-state index contributed by atoms with van der Waals surface area (Å²) in [5.41, 5.74) is 3.47. The minimum atomic E-state index is 0.591. The van der Waals surface area contributed by atoms with E-state index >= 15 is 0 Å². The third-order valence-electron chi connectivity index (χ3n) is 3.52. The van der Waals surface area contributed by atoms with Gasteiger partial charge in [0.15, 0.2) is 5.96 Å². The molecule has 0 fully saturated rings. The molecule has 0 spiro atoms. The highest BCUT2D eigenvalue weighted by molar-refractivity contribution is 5.79. The Morgan fingerprint density at radius 2 is 2.05 bits per heavy atom. The molecule has 1 aromatic rings. The average molecular weight is 309 g/mol. The predicted molar refractivity (Wildman–Crippen MR) is 91.2 cm³/mol. The van der Waals surface area contributed by atoms with Crippen LogP contribution in [0.4, 0.5) is 0 Å². The van der Waals surface area contributed by atoms with Gasteiger partial charge in [-0.2, -0.15) is 5.10 Å². The van der Waals surface area contributed by atoms with E-state index in [1.807, 2.05) is 18.7 Å². The SMILES string of the molecule is CN=C(NCCCOCC(C)C)NCc1c(C)nn(C)c1C. The molecule has 1 aromatic heterocycles. The van der Waals surface area contributed by atoms with Crippen molar-refractivity contribution in [1.29, 1.82) is 0 Å². The van der Waals surface area contributed by atoms with Crippen LogP contribution in [-0.2, 0) is 18.3 Å². The number of hydrogen-bond donors (Lipinski definition) is 2. The second-order valence-corrected chi connectivity index (χ2v) is 5.95. The molecule has 0 saturated carbocycles. The Labute approximate surface area is 134 Å². The summed E-state index contributed by atoms with van der Waals surface area (Å²) >= 11 is 0. The topological polar surface area (TPSA) is 63.5 Å². The van der Waals surface area contributed by atoms with Crippen molar-refractivity contribution in [2.45, 2.75) is 40.7 Å². The van der Waals surface area contributed by atoms with Crippen LogP contribution in [0.3, 0.4) is 0 Å². The Bertz CT molecular complexity index is 479. The van der Waals surface area contributed by atoms with Crippen LogP contribution >= 0.6 is 0 Å². The van der Waals surface area contributed by atoms with E-state index in [1.165, 1.54) is 11.3 Å². The lowest BCUT2D eigenvalue weighted by atomic mass is 10.2. The molecule has 0 atom stereocenters. The fourth-order valence-corrected chi connectivity index (χ4v) is 2.17. The minimum Gasteiger partial charge on any atom is -0.381 e. The number of aromatic nitrogens is 2. The van der Waals surface area contributed by atoms with Gasteiger partial charge in [0.1, 0.15) is 0 Å². The van der Waals surface area contributed by atoms with E-state index in [0.29, 0.717) is 5.92 Å². The van der Waals surface area contributed by atoms with Gasteiger partial charge >= 0.3 is 0 Å². The Morgan fingerprint density at radius 1 is 1.32 bits per heavy atom. The quantitative estimate of drug-likeness (QED) is 0.436. The smallest absolute Gasteiger partial charge is 0.191 e. The molecule has 0 aromatic carbocycles. The molecule has 6 heteroatoms. The molecule has 0 bridgehead atoms. The van der Waals surface area contributed by atoms with E-state index in [9.17, 15) is 0 Å². The summed E-state index contributed by atoms with van der Waals surface area (Å²) in [5.74, 6) is 1.40. The lowest BCUT2D eigenvalue weighted by molar-refractivity contribution is 0.108. The molecule has 6 nitrogen and oxygen atoms in total. The first-order valence-corrected chi connectivity index (χ1v) is 7.97. The van der Waals surface area contributed by atoms with E-state index in [0.717, 1.165) is 44.4 Å². The van der Waals surface area contributed by atoms with Crippen molar-refractivity contribution in [3.8, 4) is 0 Å². The maximum atomic E-state index is 5.56. The molecular formula is C16H31N5O. The zero-order valence-corrected chi connectivity index (χ0v) is 14.9. The van der Waals surface area contributed by atoms with E-state index in [-0.39, 0.29) is 0 Å². The van der Waals surface area contributed by atoms with E-state index < -0.39 is 0 Å². The molecule has 0 radical (unpaired) electrons.